The Kier molecular flexibility index (Phi) is 2.48. The third-order valence-corrected chi connectivity index (χ3v) is 1.47. The predicted octanol–water partition coefficient (Wildman–Crippen LogP) is 1.16. The molecule has 0 bridgehead atoms. The highest BCUT2D eigenvalue weighted by Gasteiger charge is 2.29. The minimum absolute atomic E-state index is 0.242. The van der Waals surface area contributed by atoms with E-state index >= 15 is 0 Å². The van der Waals surface area contributed by atoms with Crippen molar-refractivity contribution >= 4 is 6.09 Å². The second-order valence-electron chi connectivity index (χ2n) is 2.33. The molecule has 1 rings (SSSR count). The van der Waals surface area contributed by atoms with Crippen LogP contribution in [0, 0.1) is 0 Å². The van der Waals surface area contributed by atoms with Crippen LogP contribution in [-0.4, -0.2) is 29.0 Å². The molecule has 1 unspecified atom stereocenters. The van der Waals surface area contributed by atoms with Crippen molar-refractivity contribution in [3.63, 3.8) is 0 Å². The maximum atomic E-state index is 10.6. The number of hydrogen-bond donors (Lipinski definition) is 1. The number of hydroxylamine groups is 2. The van der Waals surface area contributed by atoms with Gasteiger partial charge in [-0.3, -0.25) is 5.21 Å². The van der Waals surface area contributed by atoms with Gasteiger partial charge >= 0.3 is 6.09 Å². The number of cyclic esters (lactones) is 1. The first-order chi connectivity index (χ1) is 5.25. The molecule has 1 atom stereocenters. The standard InChI is InChI=1S/C7H11NO3/c1-2-3-4-6-5-11-7(9)8(6)10/h3-4,6,10H,2,5H2,1H3/b4-3+. The van der Waals surface area contributed by atoms with Gasteiger partial charge in [-0.15, -0.1) is 0 Å². The maximum absolute atomic E-state index is 10.6. The molecule has 11 heavy (non-hydrogen) atoms. The topological polar surface area (TPSA) is 49.8 Å². The van der Waals surface area contributed by atoms with Crippen LogP contribution in [0.15, 0.2) is 12.2 Å². The fourth-order valence-electron chi connectivity index (χ4n) is 0.859. The summed E-state index contributed by atoms with van der Waals surface area (Å²) in [6.07, 6.45) is 3.86. The molecule has 1 amide bonds. The van der Waals surface area contributed by atoms with E-state index in [1.54, 1.807) is 6.08 Å². The molecule has 0 aliphatic carbocycles. The van der Waals surface area contributed by atoms with Crippen LogP contribution in [0.25, 0.3) is 0 Å². The summed E-state index contributed by atoms with van der Waals surface area (Å²) < 4.78 is 4.56. The summed E-state index contributed by atoms with van der Waals surface area (Å²) in [5, 5.41) is 9.59. The fourth-order valence-corrected chi connectivity index (χ4v) is 0.859. The molecule has 0 aromatic heterocycles. The molecule has 0 aromatic carbocycles. The first kappa shape index (κ1) is 8.07. The van der Waals surface area contributed by atoms with E-state index in [2.05, 4.69) is 4.74 Å². The largest absolute Gasteiger partial charge is 0.445 e. The van der Waals surface area contributed by atoms with Crippen molar-refractivity contribution in [1.29, 1.82) is 0 Å². The number of ether oxygens (including phenoxy) is 1. The molecule has 0 spiro atoms. The number of hydrogen-bond acceptors (Lipinski definition) is 3. The molecule has 1 heterocycles. The van der Waals surface area contributed by atoms with Crippen LogP contribution >= 0.6 is 0 Å². The average molecular weight is 157 g/mol. The lowest BCUT2D eigenvalue weighted by Gasteiger charge is -2.07. The Morgan fingerprint density at radius 3 is 3.09 bits per heavy atom. The summed E-state index contributed by atoms with van der Waals surface area (Å²) in [7, 11) is 0. The predicted molar refractivity (Wildman–Crippen MR) is 38.2 cm³/mol. The lowest BCUT2D eigenvalue weighted by molar-refractivity contribution is -0.0484. The Balaban J connectivity index is 2.48. The van der Waals surface area contributed by atoms with E-state index in [1.807, 2.05) is 13.0 Å². The van der Waals surface area contributed by atoms with Gasteiger partial charge in [0.15, 0.2) is 0 Å². The summed E-state index contributed by atoms with van der Waals surface area (Å²) >= 11 is 0. The zero-order valence-corrected chi connectivity index (χ0v) is 6.36. The number of nitrogens with zero attached hydrogens (tertiary/aromatic N) is 1. The van der Waals surface area contributed by atoms with Gasteiger partial charge in [0.25, 0.3) is 0 Å². The highest BCUT2D eigenvalue weighted by Crippen LogP contribution is 2.09. The van der Waals surface area contributed by atoms with Gasteiger partial charge in [-0.1, -0.05) is 19.1 Å². The third kappa shape index (κ3) is 1.71. The maximum Gasteiger partial charge on any atom is 0.434 e. The van der Waals surface area contributed by atoms with Crippen LogP contribution in [0.4, 0.5) is 4.79 Å². The third-order valence-electron chi connectivity index (χ3n) is 1.47. The van der Waals surface area contributed by atoms with Crippen molar-refractivity contribution in [2.45, 2.75) is 19.4 Å². The summed E-state index contributed by atoms with van der Waals surface area (Å²) in [5.41, 5.74) is 0. The number of carbonyl (C=O) groups is 1. The van der Waals surface area contributed by atoms with Crippen molar-refractivity contribution in [2.75, 3.05) is 6.61 Å². The van der Waals surface area contributed by atoms with Gasteiger partial charge in [0.05, 0.1) is 0 Å². The van der Waals surface area contributed by atoms with Gasteiger partial charge in [0.2, 0.25) is 0 Å². The van der Waals surface area contributed by atoms with Crippen LogP contribution < -0.4 is 0 Å². The minimum atomic E-state index is -0.671. The number of amides is 1. The van der Waals surface area contributed by atoms with Crippen LogP contribution in [0.2, 0.25) is 0 Å². The monoisotopic (exact) mass is 157 g/mol. The molecule has 62 valence electrons. The Hall–Kier alpha value is -1.03. The molecule has 0 aromatic rings. The van der Waals surface area contributed by atoms with Crippen LogP contribution in [0.1, 0.15) is 13.3 Å². The normalized spacial score (nSPS) is 24.7. The molecule has 1 aliphatic heterocycles. The van der Waals surface area contributed by atoms with Crippen molar-refractivity contribution < 1.29 is 14.7 Å². The Bertz CT molecular complexity index is 179. The molecule has 4 heteroatoms. The lowest BCUT2D eigenvalue weighted by atomic mass is 10.3. The van der Waals surface area contributed by atoms with Crippen LogP contribution in [-0.2, 0) is 4.74 Å². The van der Waals surface area contributed by atoms with Crippen LogP contribution in [0.5, 0.6) is 0 Å². The SMILES string of the molecule is CC/C=C/C1COC(=O)N1O. The van der Waals surface area contributed by atoms with E-state index in [0.717, 1.165) is 6.42 Å². The first-order valence-corrected chi connectivity index (χ1v) is 3.57. The van der Waals surface area contributed by atoms with E-state index in [9.17, 15) is 4.79 Å². The van der Waals surface area contributed by atoms with Crippen LogP contribution in [0.3, 0.4) is 0 Å². The molecule has 1 N–H and O–H groups in total. The molecular weight excluding hydrogens is 146 g/mol. The van der Waals surface area contributed by atoms with Crippen molar-refractivity contribution in [1.82, 2.24) is 5.06 Å². The quantitative estimate of drug-likeness (QED) is 0.483. The van der Waals surface area contributed by atoms with Gasteiger partial charge in [-0.25, -0.2) is 4.79 Å². The Morgan fingerprint density at radius 1 is 1.91 bits per heavy atom. The molecule has 0 saturated carbocycles. The average Bonchev–Trinajstić information content (AvgIpc) is 2.31. The fraction of sp³-hybridized carbons (Fsp3) is 0.571. The van der Waals surface area contributed by atoms with Gasteiger partial charge < -0.3 is 4.74 Å². The van der Waals surface area contributed by atoms with E-state index in [1.165, 1.54) is 0 Å². The van der Waals surface area contributed by atoms with Crippen molar-refractivity contribution in [3.8, 4) is 0 Å². The van der Waals surface area contributed by atoms with E-state index in [0.29, 0.717) is 5.06 Å². The van der Waals surface area contributed by atoms with Gasteiger partial charge in [0.1, 0.15) is 12.6 Å². The number of allylic oxidation sites excluding steroid dienone is 1. The number of carbonyl (C=O) groups excluding carboxylic acids is 1. The highest BCUT2D eigenvalue weighted by molar-refractivity contribution is 5.68. The second kappa shape index (κ2) is 3.39. The lowest BCUT2D eigenvalue weighted by Crippen LogP contribution is -2.27. The molecular formula is C7H11NO3. The summed E-state index contributed by atoms with van der Waals surface area (Å²) in [5.74, 6) is 0. The Morgan fingerprint density at radius 2 is 2.64 bits per heavy atom. The van der Waals surface area contributed by atoms with Crippen molar-refractivity contribution in [2.24, 2.45) is 0 Å². The smallest absolute Gasteiger partial charge is 0.434 e. The highest BCUT2D eigenvalue weighted by atomic mass is 16.6. The summed E-state index contributed by atoms with van der Waals surface area (Å²) in [6, 6.07) is -0.303. The summed E-state index contributed by atoms with van der Waals surface area (Å²) in [4.78, 5) is 10.6. The van der Waals surface area contributed by atoms with Crippen molar-refractivity contribution in [3.05, 3.63) is 12.2 Å². The van der Waals surface area contributed by atoms with Gasteiger partial charge in [0, 0.05) is 0 Å². The molecule has 1 fully saturated rings. The Labute approximate surface area is 65.0 Å². The van der Waals surface area contributed by atoms with E-state index < -0.39 is 6.09 Å². The van der Waals surface area contributed by atoms with Gasteiger partial charge in [-0.2, -0.15) is 5.06 Å². The van der Waals surface area contributed by atoms with E-state index in [4.69, 9.17) is 5.21 Å². The second-order valence-corrected chi connectivity index (χ2v) is 2.33. The molecule has 0 radical (unpaired) electrons. The first-order valence-electron chi connectivity index (χ1n) is 3.57. The zero-order valence-electron chi connectivity index (χ0n) is 6.36. The minimum Gasteiger partial charge on any atom is -0.445 e. The molecule has 1 aliphatic rings. The zero-order chi connectivity index (χ0) is 8.27. The molecule has 4 nitrogen and oxygen atoms in total. The number of rotatable bonds is 2. The van der Waals surface area contributed by atoms with Gasteiger partial charge in [-0.05, 0) is 6.42 Å². The summed E-state index contributed by atoms with van der Waals surface area (Å²) in [6.45, 7) is 2.22. The molecule has 1 saturated heterocycles. The van der Waals surface area contributed by atoms with E-state index in [-0.39, 0.29) is 12.6 Å².